The maximum Gasteiger partial charge on any atom is 0.161 e. The summed E-state index contributed by atoms with van der Waals surface area (Å²) in [6.07, 6.45) is 1.54. The van der Waals surface area contributed by atoms with Gasteiger partial charge < -0.3 is 14.8 Å². The Bertz CT molecular complexity index is 618. The monoisotopic (exact) mass is 269 g/mol. The van der Waals surface area contributed by atoms with E-state index in [1.807, 2.05) is 24.3 Å². The van der Waals surface area contributed by atoms with E-state index in [1.165, 1.54) is 6.20 Å². The zero-order valence-electron chi connectivity index (χ0n) is 11.4. The molecule has 20 heavy (non-hydrogen) atoms. The van der Waals surface area contributed by atoms with Crippen LogP contribution in [0.15, 0.2) is 36.5 Å². The van der Waals surface area contributed by atoms with Crippen LogP contribution in [-0.4, -0.2) is 19.2 Å². The number of hydrogen-bond donors (Lipinski definition) is 1. The first-order valence-electron chi connectivity index (χ1n) is 6.07. The fourth-order valence-electron chi connectivity index (χ4n) is 1.75. The first-order valence-corrected chi connectivity index (χ1v) is 6.07. The normalized spacial score (nSPS) is 9.65. The third-order valence-electron chi connectivity index (χ3n) is 2.81. The van der Waals surface area contributed by atoms with Gasteiger partial charge in [-0.15, -0.1) is 0 Å². The van der Waals surface area contributed by atoms with Crippen LogP contribution in [0.4, 0.5) is 5.82 Å². The molecule has 0 amide bonds. The second-order valence-electron chi connectivity index (χ2n) is 4.09. The number of nitrogens with one attached hydrogen (secondary N) is 1. The molecule has 0 aliphatic carbocycles. The highest BCUT2D eigenvalue weighted by Crippen LogP contribution is 2.27. The van der Waals surface area contributed by atoms with Crippen LogP contribution >= 0.6 is 0 Å². The molecule has 1 aromatic heterocycles. The molecule has 0 atom stereocenters. The molecule has 102 valence electrons. The van der Waals surface area contributed by atoms with Gasteiger partial charge in [-0.2, -0.15) is 5.26 Å². The molecule has 1 N–H and O–H groups in total. The zero-order chi connectivity index (χ0) is 14.4. The summed E-state index contributed by atoms with van der Waals surface area (Å²) in [6, 6.07) is 11.3. The van der Waals surface area contributed by atoms with Crippen molar-refractivity contribution in [2.45, 2.75) is 6.54 Å². The molecule has 1 aromatic carbocycles. The highest BCUT2D eigenvalue weighted by atomic mass is 16.5. The number of anilines is 1. The highest BCUT2D eigenvalue weighted by molar-refractivity contribution is 5.45. The molecule has 5 heteroatoms. The van der Waals surface area contributed by atoms with Crippen molar-refractivity contribution in [3.05, 3.63) is 47.7 Å². The summed E-state index contributed by atoms with van der Waals surface area (Å²) in [5, 5.41) is 11.9. The molecule has 0 saturated carbocycles. The largest absolute Gasteiger partial charge is 0.493 e. The average molecular weight is 269 g/mol. The Kier molecular flexibility index (Phi) is 4.40. The summed E-state index contributed by atoms with van der Waals surface area (Å²) in [5.74, 6) is 2.12. The Labute approximate surface area is 117 Å². The van der Waals surface area contributed by atoms with E-state index >= 15 is 0 Å². The van der Waals surface area contributed by atoms with Crippen molar-refractivity contribution in [2.24, 2.45) is 0 Å². The van der Waals surface area contributed by atoms with Gasteiger partial charge in [0.2, 0.25) is 0 Å². The number of ether oxygens (including phenoxy) is 2. The molecular weight excluding hydrogens is 254 g/mol. The number of nitriles is 1. The minimum Gasteiger partial charge on any atom is -0.493 e. The van der Waals surface area contributed by atoms with Crippen molar-refractivity contribution in [2.75, 3.05) is 19.5 Å². The zero-order valence-corrected chi connectivity index (χ0v) is 11.4. The van der Waals surface area contributed by atoms with Gasteiger partial charge in [-0.3, -0.25) is 0 Å². The minimum absolute atomic E-state index is 0.543. The van der Waals surface area contributed by atoms with Gasteiger partial charge >= 0.3 is 0 Å². The molecular formula is C15H15N3O2. The Hall–Kier alpha value is -2.74. The smallest absolute Gasteiger partial charge is 0.161 e. The molecule has 5 nitrogen and oxygen atoms in total. The lowest BCUT2D eigenvalue weighted by Gasteiger charge is -2.10. The Balaban J connectivity index is 2.05. The Morgan fingerprint density at radius 2 is 1.95 bits per heavy atom. The van der Waals surface area contributed by atoms with Crippen LogP contribution in [0.5, 0.6) is 11.5 Å². The van der Waals surface area contributed by atoms with Crippen molar-refractivity contribution in [3.63, 3.8) is 0 Å². The first kappa shape index (κ1) is 13.7. The van der Waals surface area contributed by atoms with E-state index in [4.69, 9.17) is 14.7 Å². The molecule has 0 bridgehead atoms. The van der Waals surface area contributed by atoms with Gasteiger partial charge in [0.15, 0.2) is 11.5 Å². The SMILES string of the molecule is COc1ccc(CNc2ccc(C#N)cn2)cc1OC. The van der Waals surface area contributed by atoms with Gasteiger partial charge in [-0.25, -0.2) is 4.98 Å². The summed E-state index contributed by atoms with van der Waals surface area (Å²) < 4.78 is 10.4. The van der Waals surface area contributed by atoms with E-state index in [0.29, 0.717) is 23.6 Å². The van der Waals surface area contributed by atoms with E-state index in [0.717, 1.165) is 11.4 Å². The van der Waals surface area contributed by atoms with Gasteiger partial charge in [-0.1, -0.05) is 6.07 Å². The van der Waals surface area contributed by atoms with Gasteiger partial charge in [0.25, 0.3) is 0 Å². The highest BCUT2D eigenvalue weighted by Gasteiger charge is 2.04. The molecule has 0 aliphatic heterocycles. The number of rotatable bonds is 5. The number of hydrogen-bond acceptors (Lipinski definition) is 5. The standard InChI is InChI=1S/C15H15N3O2/c1-19-13-5-3-11(7-14(13)20-2)9-17-15-6-4-12(8-16)10-18-15/h3-7,10H,9H2,1-2H3,(H,17,18). The van der Waals surface area contributed by atoms with Crippen LogP contribution in [-0.2, 0) is 6.54 Å². The molecule has 2 rings (SSSR count). The van der Waals surface area contributed by atoms with Gasteiger partial charge in [-0.05, 0) is 29.8 Å². The van der Waals surface area contributed by atoms with Crippen molar-refractivity contribution in [1.29, 1.82) is 5.26 Å². The fraction of sp³-hybridized carbons (Fsp3) is 0.200. The fourth-order valence-corrected chi connectivity index (χ4v) is 1.75. The van der Waals surface area contributed by atoms with Crippen molar-refractivity contribution < 1.29 is 9.47 Å². The molecule has 2 aromatic rings. The van der Waals surface area contributed by atoms with Crippen LogP contribution < -0.4 is 14.8 Å². The summed E-state index contributed by atoms with van der Waals surface area (Å²) in [4.78, 5) is 4.15. The summed E-state index contributed by atoms with van der Waals surface area (Å²) >= 11 is 0. The molecule has 1 heterocycles. The van der Waals surface area contributed by atoms with Crippen molar-refractivity contribution in [1.82, 2.24) is 4.98 Å². The lowest BCUT2D eigenvalue weighted by Crippen LogP contribution is -2.02. The van der Waals surface area contributed by atoms with Crippen LogP contribution in [0.2, 0.25) is 0 Å². The summed E-state index contributed by atoms with van der Waals surface area (Å²) in [7, 11) is 3.22. The van der Waals surface area contributed by atoms with Gasteiger partial charge in [0.05, 0.1) is 19.8 Å². The number of aromatic nitrogens is 1. The van der Waals surface area contributed by atoms with E-state index in [-0.39, 0.29) is 0 Å². The third kappa shape index (κ3) is 3.18. The third-order valence-corrected chi connectivity index (χ3v) is 2.81. The average Bonchev–Trinajstić information content (AvgIpc) is 2.53. The number of benzene rings is 1. The molecule has 0 spiro atoms. The topological polar surface area (TPSA) is 67.2 Å². The minimum atomic E-state index is 0.543. The predicted octanol–water partition coefficient (Wildman–Crippen LogP) is 2.58. The lowest BCUT2D eigenvalue weighted by molar-refractivity contribution is 0.354. The summed E-state index contributed by atoms with van der Waals surface area (Å²) in [6.45, 7) is 0.610. The molecule has 0 unspecified atom stereocenters. The van der Waals surface area contributed by atoms with Crippen LogP contribution in [0.25, 0.3) is 0 Å². The second kappa shape index (κ2) is 6.43. The lowest BCUT2D eigenvalue weighted by atomic mass is 10.2. The predicted molar refractivity (Wildman–Crippen MR) is 75.8 cm³/mol. The molecule has 0 fully saturated rings. The van der Waals surface area contributed by atoms with Gasteiger partial charge in [0.1, 0.15) is 11.9 Å². The number of pyridine rings is 1. The first-order chi connectivity index (χ1) is 9.76. The molecule has 0 saturated heterocycles. The number of nitrogens with zero attached hydrogens (tertiary/aromatic N) is 2. The summed E-state index contributed by atoms with van der Waals surface area (Å²) in [5.41, 5.74) is 1.59. The van der Waals surface area contributed by atoms with Crippen molar-refractivity contribution in [3.8, 4) is 17.6 Å². The Morgan fingerprint density at radius 3 is 2.55 bits per heavy atom. The quantitative estimate of drug-likeness (QED) is 0.903. The maximum absolute atomic E-state index is 8.71. The molecule has 0 aliphatic rings. The van der Waals surface area contributed by atoms with Crippen LogP contribution in [0, 0.1) is 11.3 Å². The van der Waals surface area contributed by atoms with E-state index in [9.17, 15) is 0 Å². The number of methoxy groups -OCH3 is 2. The van der Waals surface area contributed by atoms with Gasteiger partial charge in [0, 0.05) is 12.7 Å². The van der Waals surface area contributed by atoms with Crippen molar-refractivity contribution >= 4 is 5.82 Å². The Morgan fingerprint density at radius 1 is 1.15 bits per heavy atom. The van der Waals surface area contributed by atoms with E-state index in [1.54, 1.807) is 26.4 Å². The van der Waals surface area contributed by atoms with E-state index in [2.05, 4.69) is 10.3 Å². The second-order valence-corrected chi connectivity index (χ2v) is 4.09. The molecule has 0 radical (unpaired) electrons. The van der Waals surface area contributed by atoms with Crippen LogP contribution in [0.3, 0.4) is 0 Å². The van der Waals surface area contributed by atoms with E-state index < -0.39 is 0 Å². The van der Waals surface area contributed by atoms with Crippen LogP contribution in [0.1, 0.15) is 11.1 Å². The maximum atomic E-state index is 8.71.